The van der Waals surface area contributed by atoms with E-state index in [1.165, 1.54) is 0 Å². The van der Waals surface area contributed by atoms with Crippen LogP contribution in [0.15, 0.2) is 24.3 Å². The Balaban J connectivity index is 1.77. The Morgan fingerprint density at radius 2 is 2.04 bits per heavy atom. The molecule has 0 aromatic heterocycles. The van der Waals surface area contributed by atoms with Gasteiger partial charge in [-0.05, 0) is 39.7 Å². The molecular formula is C20H28N2O3S. The van der Waals surface area contributed by atoms with Crippen molar-refractivity contribution in [1.82, 2.24) is 9.80 Å². The van der Waals surface area contributed by atoms with Gasteiger partial charge in [0.25, 0.3) is 0 Å². The van der Waals surface area contributed by atoms with Gasteiger partial charge in [0, 0.05) is 30.6 Å². The monoisotopic (exact) mass is 376 g/mol. The molecule has 2 fully saturated rings. The maximum absolute atomic E-state index is 12.7. The summed E-state index contributed by atoms with van der Waals surface area (Å²) in [5, 5.41) is -0.157. The Kier molecular flexibility index (Phi) is 5.80. The molecule has 1 heterocycles. The zero-order chi connectivity index (χ0) is 18.8. The van der Waals surface area contributed by atoms with Gasteiger partial charge in [-0.1, -0.05) is 18.2 Å². The van der Waals surface area contributed by atoms with Crippen molar-refractivity contribution in [1.29, 1.82) is 0 Å². The number of nitrogens with zero attached hydrogens (tertiary/aromatic N) is 2. The van der Waals surface area contributed by atoms with E-state index < -0.39 is 0 Å². The number of ether oxygens (including phenoxy) is 1. The topological polar surface area (TPSA) is 49.9 Å². The van der Waals surface area contributed by atoms with Crippen LogP contribution in [-0.2, 0) is 9.59 Å². The third-order valence-electron chi connectivity index (χ3n) is 5.07. The molecule has 142 valence electrons. The Labute approximate surface area is 160 Å². The third kappa shape index (κ3) is 3.85. The van der Waals surface area contributed by atoms with Crippen LogP contribution in [0.1, 0.15) is 44.6 Å². The fourth-order valence-corrected chi connectivity index (χ4v) is 4.75. The van der Waals surface area contributed by atoms with Crippen LogP contribution in [0.2, 0.25) is 0 Å². The zero-order valence-electron chi connectivity index (χ0n) is 16.0. The van der Waals surface area contributed by atoms with Crippen LogP contribution in [0.5, 0.6) is 5.75 Å². The number of para-hydroxylation sites is 1. The lowest BCUT2D eigenvalue weighted by Gasteiger charge is -2.31. The van der Waals surface area contributed by atoms with E-state index in [1.807, 2.05) is 54.8 Å². The molecule has 0 radical (unpaired) electrons. The largest absolute Gasteiger partial charge is 0.496 e. The average molecular weight is 377 g/mol. The van der Waals surface area contributed by atoms with E-state index in [-0.39, 0.29) is 34.4 Å². The van der Waals surface area contributed by atoms with Gasteiger partial charge in [-0.2, -0.15) is 0 Å². The Morgan fingerprint density at radius 3 is 2.65 bits per heavy atom. The van der Waals surface area contributed by atoms with Crippen LogP contribution < -0.4 is 4.74 Å². The van der Waals surface area contributed by atoms with Crippen molar-refractivity contribution in [3.05, 3.63) is 29.8 Å². The van der Waals surface area contributed by atoms with E-state index in [0.29, 0.717) is 13.1 Å². The summed E-state index contributed by atoms with van der Waals surface area (Å²) in [6.07, 6.45) is 2.00. The van der Waals surface area contributed by atoms with Crippen molar-refractivity contribution in [3.63, 3.8) is 0 Å². The summed E-state index contributed by atoms with van der Waals surface area (Å²) in [7, 11) is 1.66. The molecule has 1 saturated heterocycles. The molecule has 0 spiro atoms. The summed E-state index contributed by atoms with van der Waals surface area (Å²) in [5.74, 6) is 1.37. The molecule has 6 heteroatoms. The molecule has 2 aliphatic rings. The molecule has 3 rings (SSSR count). The lowest BCUT2D eigenvalue weighted by molar-refractivity contribution is -0.136. The molecule has 2 amide bonds. The van der Waals surface area contributed by atoms with Crippen LogP contribution in [0.4, 0.5) is 0 Å². The number of carbonyl (C=O) groups is 2. The van der Waals surface area contributed by atoms with Gasteiger partial charge in [0.05, 0.1) is 12.4 Å². The van der Waals surface area contributed by atoms with Crippen LogP contribution >= 0.6 is 11.8 Å². The zero-order valence-corrected chi connectivity index (χ0v) is 16.8. The molecule has 26 heavy (non-hydrogen) atoms. The molecule has 1 aromatic rings. The predicted octanol–water partition coefficient (Wildman–Crippen LogP) is 3.30. The maximum Gasteiger partial charge on any atom is 0.236 e. The van der Waals surface area contributed by atoms with Gasteiger partial charge in [-0.15, -0.1) is 11.8 Å². The van der Waals surface area contributed by atoms with Gasteiger partial charge < -0.3 is 14.5 Å². The van der Waals surface area contributed by atoms with E-state index in [2.05, 4.69) is 0 Å². The number of carbonyl (C=O) groups excluding carboxylic acids is 2. The summed E-state index contributed by atoms with van der Waals surface area (Å²) in [6, 6.07) is 8.01. The number of thioether (sulfide) groups is 1. The smallest absolute Gasteiger partial charge is 0.236 e. The molecular weight excluding hydrogens is 348 g/mol. The minimum Gasteiger partial charge on any atom is -0.496 e. The third-order valence-corrected chi connectivity index (χ3v) is 6.44. The first-order valence-electron chi connectivity index (χ1n) is 9.33. The van der Waals surface area contributed by atoms with E-state index in [1.54, 1.807) is 18.9 Å². The second-order valence-corrected chi connectivity index (χ2v) is 8.73. The minimum atomic E-state index is -0.0865. The highest BCUT2D eigenvalue weighted by atomic mass is 32.2. The van der Waals surface area contributed by atoms with E-state index in [9.17, 15) is 9.59 Å². The van der Waals surface area contributed by atoms with Gasteiger partial charge in [0.2, 0.25) is 11.8 Å². The normalized spacial score (nSPS) is 22.8. The van der Waals surface area contributed by atoms with Crippen LogP contribution in [0, 0.1) is 5.92 Å². The molecule has 0 bridgehead atoms. The van der Waals surface area contributed by atoms with Crippen molar-refractivity contribution in [3.8, 4) is 5.75 Å². The standard InChI is InChI=1S/C20H28N2O3S/c1-13(2)21(19(24)15-9-10-15)11-12-22-18(23)14(3)26-20(22)16-7-5-6-8-17(16)25-4/h5-8,13-15,20H,9-12H2,1-4H3. The lowest BCUT2D eigenvalue weighted by atomic mass is 10.1. The first-order valence-corrected chi connectivity index (χ1v) is 10.3. The Bertz CT molecular complexity index is 675. The number of benzene rings is 1. The fraction of sp³-hybridized carbons (Fsp3) is 0.600. The van der Waals surface area contributed by atoms with Gasteiger partial charge >= 0.3 is 0 Å². The van der Waals surface area contributed by atoms with Gasteiger partial charge in [-0.3, -0.25) is 9.59 Å². The van der Waals surface area contributed by atoms with Crippen LogP contribution in [0.3, 0.4) is 0 Å². The maximum atomic E-state index is 12.7. The molecule has 1 aliphatic carbocycles. The molecule has 2 unspecified atom stereocenters. The molecule has 1 aromatic carbocycles. The fourth-order valence-electron chi connectivity index (χ4n) is 3.42. The molecule has 5 nitrogen and oxygen atoms in total. The first kappa shape index (κ1) is 19.1. The Morgan fingerprint density at radius 1 is 1.35 bits per heavy atom. The number of rotatable bonds is 7. The highest BCUT2D eigenvalue weighted by molar-refractivity contribution is 8.01. The van der Waals surface area contributed by atoms with E-state index >= 15 is 0 Å². The number of hydrogen-bond acceptors (Lipinski definition) is 4. The summed E-state index contributed by atoms with van der Waals surface area (Å²) in [5.41, 5.74) is 1.02. The average Bonchev–Trinajstić information content (AvgIpc) is 3.43. The first-order chi connectivity index (χ1) is 12.4. The van der Waals surface area contributed by atoms with Gasteiger partial charge in [0.1, 0.15) is 11.1 Å². The van der Waals surface area contributed by atoms with E-state index in [0.717, 1.165) is 24.2 Å². The van der Waals surface area contributed by atoms with Gasteiger partial charge in [-0.25, -0.2) is 0 Å². The Hall–Kier alpha value is -1.69. The SMILES string of the molecule is COc1ccccc1C1SC(C)C(=O)N1CCN(C(=O)C1CC1)C(C)C. The van der Waals surface area contributed by atoms with Crippen molar-refractivity contribution in [2.75, 3.05) is 20.2 Å². The van der Waals surface area contributed by atoms with Crippen LogP contribution in [-0.4, -0.2) is 53.1 Å². The molecule has 2 atom stereocenters. The lowest BCUT2D eigenvalue weighted by Crippen LogP contribution is -2.44. The summed E-state index contributed by atoms with van der Waals surface area (Å²) in [6.45, 7) is 7.17. The highest BCUT2D eigenvalue weighted by Gasteiger charge is 2.40. The molecule has 0 N–H and O–H groups in total. The molecule has 1 saturated carbocycles. The van der Waals surface area contributed by atoms with Crippen molar-refractivity contribution in [2.45, 2.75) is 50.3 Å². The van der Waals surface area contributed by atoms with Gasteiger partial charge in [0.15, 0.2) is 0 Å². The summed E-state index contributed by atoms with van der Waals surface area (Å²) < 4.78 is 5.50. The van der Waals surface area contributed by atoms with E-state index in [4.69, 9.17) is 4.74 Å². The predicted molar refractivity (Wildman–Crippen MR) is 104 cm³/mol. The quantitative estimate of drug-likeness (QED) is 0.733. The molecule has 1 aliphatic heterocycles. The second-order valence-electron chi connectivity index (χ2n) is 7.30. The summed E-state index contributed by atoms with van der Waals surface area (Å²) >= 11 is 1.64. The second kappa shape index (κ2) is 7.91. The number of hydrogen-bond donors (Lipinski definition) is 0. The highest BCUT2D eigenvalue weighted by Crippen LogP contribution is 2.45. The van der Waals surface area contributed by atoms with Crippen LogP contribution in [0.25, 0.3) is 0 Å². The minimum absolute atomic E-state index is 0.0707. The van der Waals surface area contributed by atoms with Crippen molar-refractivity contribution in [2.24, 2.45) is 5.92 Å². The van der Waals surface area contributed by atoms with Crippen molar-refractivity contribution >= 4 is 23.6 Å². The summed E-state index contributed by atoms with van der Waals surface area (Å²) in [4.78, 5) is 29.1. The number of amides is 2. The van der Waals surface area contributed by atoms with Crippen molar-refractivity contribution < 1.29 is 14.3 Å². The number of methoxy groups -OCH3 is 1.